The summed E-state index contributed by atoms with van der Waals surface area (Å²) in [7, 11) is 0. The van der Waals surface area contributed by atoms with Crippen molar-refractivity contribution < 1.29 is 0 Å². The fourth-order valence-corrected chi connectivity index (χ4v) is 5.52. The lowest BCUT2D eigenvalue weighted by Gasteiger charge is -2.32. The Balaban J connectivity index is 0.000000240. The minimum atomic E-state index is 0.224. The Morgan fingerprint density at radius 3 is 1.93 bits per heavy atom. The molecule has 1 aliphatic rings. The number of fused-ring (bicyclic) bond motifs is 3. The van der Waals surface area contributed by atoms with E-state index >= 15 is 0 Å². The van der Waals surface area contributed by atoms with Crippen LogP contribution in [0.15, 0.2) is 133 Å². The zero-order chi connectivity index (χ0) is 29.2. The maximum absolute atomic E-state index is 8.48. The Morgan fingerprint density at radius 2 is 1.19 bits per heavy atom. The number of allylic oxidation sites excluding steroid dienone is 1. The first-order chi connectivity index (χ1) is 20.4. The Bertz CT molecular complexity index is 2000. The molecule has 0 spiro atoms. The average Bonchev–Trinajstić information content (AvgIpc) is 3.02. The van der Waals surface area contributed by atoms with Gasteiger partial charge in [-0.3, -0.25) is 10.8 Å². The molecule has 42 heavy (non-hydrogen) atoms. The normalized spacial score (nSPS) is 12.4. The summed E-state index contributed by atoms with van der Waals surface area (Å²) in [4.78, 5) is 2.22. The zero-order valence-corrected chi connectivity index (χ0v) is 23.7. The van der Waals surface area contributed by atoms with E-state index in [-0.39, 0.29) is 11.4 Å². The molecule has 0 saturated heterocycles. The summed E-state index contributed by atoms with van der Waals surface area (Å²) in [6.45, 7) is 4.22. The van der Waals surface area contributed by atoms with Crippen molar-refractivity contribution in [2.45, 2.75) is 13.8 Å². The van der Waals surface area contributed by atoms with Gasteiger partial charge in [0.05, 0.1) is 22.8 Å². The van der Waals surface area contributed by atoms with E-state index in [1.54, 1.807) is 0 Å². The van der Waals surface area contributed by atoms with Crippen LogP contribution in [0.5, 0.6) is 0 Å². The molecule has 6 aromatic rings. The monoisotopic (exact) mass is 544 g/mol. The molecule has 0 fully saturated rings. The van der Waals surface area contributed by atoms with Crippen molar-refractivity contribution in [2.24, 2.45) is 0 Å². The highest BCUT2D eigenvalue weighted by Gasteiger charge is 2.26. The third kappa shape index (κ3) is 4.95. The standard InChI is InChI=1S/C28H23N3.C10H9N/c1-18-11-14-20(15-12-18)31(26-16-13-19(2)21-7-3-4-8-22(21)26)27-17-25(29)28(30)24-10-6-5-9-23(24)27;11-10-7-3-5-8-4-1-2-6-9(8)10/h3-17,29-30H,1-2H3;1-7H,11H2. The molecule has 0 aromatic heterocycles. The topological polar surface area (TPSA) is 77.0 Å². The summed E-state index contributed by atoms with van der Waals surface area (Å²) >= 11 is 0. The molecule has 204 valence electrons. The molecular formula is C38H32N4. The summed E-state index contributed by atoms with van der Waals surface area (Å²) in [5.41, 5.74) is 14.3. The van der Waals surface area contributed by atoms with Crippen molar-refractivity contribution in [1.29, 1.82) is 10.8 Å². The third-order valence-corrected chi connectivity index (χ3v) is 7.74. The lowest BCUT2D eigenvalue weighted by molar-refractivity contribution is 1.28. The van der Waals surface area contributed by atoms with Crippen molar-refractivity contribution in [1.82, 2.24) is 0 Å². The second-order valence-corrected chi connectivity index (χ2v) is 10.6. The van der Waals surface area contributed by atoms with Gasteiger partial charge in [0.2, 0.25) is 0 Å². The van der Waals surface area contributed by atoms with E-state index in [1.807, 2.05) is 60.7 Å². The minimum absolute atomic E-state index is 0.224. The van der Waals surface area contributed by atoms with Gasteiger partial charge in [-0.1, -0.05) is 109 Å². The van der Waals surface area contributed by atoms with Crippen LogP contribution in [0.2, 0.25) is 0 Å². The smallest absolute Gasteiger partial charge is 0.0869 e. The van der Waals surface area contributed by atoms with Crippen LogP contribution in [0.25, 0.3) is 27.2 Å². The van der Waals surface area contributed by atoms with Crippen LogP contribution in [0.1, 0.15) is 22.3 Å². The fourth-order valence-electron chi connectivity index (χ4n) is 5.52. The van der Waals surface area contributed by atoms with Gasteiger partial charge < -0.3 is 10.6 Å². The van der Waals surface area contributed by atoms with E-state index in [0.29, 0.717) is 0 Å². The summed E-state index contributed by atoms with van der Waals surface area (Å²) in [6.07, 6.45) is 1.82. The van der Waals surface area contributed by atoms with Crippen molar-refractivity contribution in [2.75, 3.05) is 10.6 Å². The first-order valence-corrected chi connectivity index (χ1v) is 14.0. The van der Waals surface area contributed by atoms with Crippen LogP contribution in [-0.4, -0.2) is 11.4 Å². The first kappa shape index (κ1) is 26.7. The van der Waals surface area contributed by atoms with Gasteiger partial charge in [-0.2, -0.15) is 0 Å². The Hall–Kier alpha value is -5.48. The highest BCUT2D eigenvalue weighted by atomic mass is 15.2. The molecule has 0 aliphatic heterocycles. The molecule has 4 heteroatoms. The van der Waals surface area contributed by atoms with Gasteiger partial charge in [0, 0.05) is 33.3 Å². The van der Waals surface area contributed by atoms with Crippen LogP contribution in [0.4, 0.5) is 17.1 Å². The molecule has 0 bridgehead atoms. The number of nitrogens with two attached hydrogens (primary N) is 1. The molecule has 0 unspecified atom stereocenters. The molecule has 1 aliphatic carbocycles. The molecule has 0 amide bonds. The number of benzene rings is 6. The fraction of sp³-hybridized carbons (Fsp3) is 0.0526. The number of nitrogens with zero attached hydrogens (tertiary/aromatic N) is 1. The molecule has 0 heterocycles. The van der Waals surface area contributed by atoms with Gasteiger partial charge in [-0.05, 0) is 60.5 Å². The van der Waals surface area contributed by atoms with E-state index in [4.69, 9.17) is 16.6 Å². The highest BCUT2D eigenvalue weighted by molar-refractivity contribution is 6.53. The molecular weight excluding hydrogens is 512 g/mol. The number of anilines is 3. The second-order valence-electron chi connectivity index (χ2n) is 10.6. The maximum Gasteiger partial charge on any atom is 0.0869 e. The Kier molecular flexibility index (Phi) is 7.12. The van der Waals surface area contributed by atoms with E-state index in [0.717, 1.165) is 44.7 Å². The van der Waals surface area contributed by atoms with Crippen molar-refractivity contribution in [3.05, 3.63) is 156 Å². The van der Waals surface area contributed by atoms with Crippen LogP contribution >= 0.6 is 0 Å². The molecule has 6 aromatic carbocycles. The van der Waals surface area contributed by atoms with Crippen LogP contribution in [0.3, 0.4) is 0 Å². The largest absolute Gasteiger partial charge is 0.398 e. The summed E-state index contributed by atoms with van der Waals surface area (Å²) in [6, 6.07) is 43.2. The molecule has 7 rings (SSSR count). The number of hydrogen-bond acceptors (Lipinski definition) is 4. The SMILES string of the molecule is Cc1ccc(N(C2=CC(=N)C(=N)c3ccccc32)c2ccc(C)c3ccccc23)cc1.Nc1cccc2ccccc12. The average molecular weight is 545 g/mol. The lowest BCUT2D eigenvalue weighted by Crippen LogP contribution is -2.25. The maximum atomic E-state index is 8.48. The van der Waals surface area contributed by atoms with Crippen molar-refractivity contribution in [3.63, 3.8) is 0 Å². The molecule has 0 atom stereocenters. The third-order valence-electron chi connectivity index (χ3n) is 7.74. The summed E-state index contributed by atoms with van der Waals surface area (Å²) in [5.74, 6) is 0. The molecule has 0 radical (unpaired) electrons. The molecule has 0 saturated carbocycles. The number of nitrogen functional groups attached to an aromatic ring is 1. The predicted molar refractivity (Wildman–Crippen MR) is 179 cm³/mol. The van der Waals surface area contributed by atoms with Gasteiger partial charge in [-0.25, -0.2) is 0 Å². The lowest BCUT2D eigenvalue weighted by atomic mass is 9.90. The highest BCUT2D eigenvalue weighted by Crippen LogP contribution is 2.41. The minimum Gasteiger partial charge on any atom is -0.398 e. The number of nitrogens with one attached hydrogen (secondary N) is 2. The van der Waals surface area contributed by atoms with E-state index < -0.39 is 0 Å². The van der Waals surface area contributed by atoms with E-state index in [2.05, 4.69) is 91.5 Å². The molecule has 4 nitrogen and oxygen atoms in total. The summed E-state index contributed by atoms with van der Waals surface area (Å²) < 4.78 is 0. The number of aryl methyl sites for hydroxylation is 2. The summed E-state index contributed by atoms with van der Waals surface area (Å²) in [5, 5.41) is 21.6. The number of hydrogen-bond donors (Lipinski definition) is 3. The van der Waals surface area contributed by atoms with Gasteiger partial charge in [0.25, 0.3) is 0 Å². The van der Waals surface area contributed by atoms with Gasteiger partial charge in [0.1, 0.15) is 0 Å². The first-order valence-electron chi connectivity index (χ1n) is 14.0. The van der Waals surface area contributed by atoms with Gasteiger partial charge in [0.15, 0.2) is 0 Å². The number of rotatable bonds is 3. The second kappa shape index (κ2) is 11.2. The van der Waals surface area contributed by atoms with Crippen LogP contribution in [-0.2, 0) is 0 Å². The zero-order valence-electron chi connectivity index (χ0n) is 23.7. The van der Waals surface area contributed by atoms with Crippen LogP contribution in [0, 0.1) is 24.7 Å². The predicted octanol–water partition coefficient (Wildman–Crippen LogP) is 9.46. The Morgan fingerprint density at radius 1 is 0.571 bits per heavy atom. The van der Waals surface area contributed by atoms with Crippen LogP contribution < -0.4 is 10.6 Å². The Labute approximate surface area is 246 Å². The quantitative estimate of drug-likeness (QED) is 0.194. The van der Waals surface area contributed by atoms with E-state index in [9.17, 15) is 0 Å². The van der Waals surface area contributed by atoms with Gasteiger partial charge >= 0.3 is 0 Å². The van der Waals surface area contributed by atoms with Crippen molar-refractivity contribution >= 4 is 55.7 Å². The van der Waals surface area contributed by atoms with Crippen molar-refractivity contribution in [3.8, 4) is 0 Å². The van der Waals surface area contributed by atoms with Gasteiger partial charge in [-0.15, -0.1) is 0 Å². The van der Waals surface area contributed by atoms with E-state index in [1.165, 1.54) is 21.9 Å². The molecule has 4 N–H and O–H groups in total.